The quantitative estimate of drug-likeness (QED) is 0.909. The number of hydrogen-bond donors (Lipinski definition) is 1. The topological polar surface area (TPSA) is 80.1 Å². The smallest absolute Gasteiger partial charge is 0.229 e. The summed E-state index contributed by atoms with van der Waals surface area (Å²) in [5.74, 6) is -0.502. The lowest BCUT2D eigenvalue weighted by molar-refractivity contribution is -0.128. The first kappa shape index (κ1) is 16.2. The molecule has 2 aromatic rings. The standard InChI is InChI=1S/C17H21N5O2/c1-12(2)22-11-15(8-19-22)20-17(24)13-7-16(23)21(9-13)10-14-5-3-4-6-18-14/h3-6,8,11-13H,7,9-10H2,1-2H3,(H,20,24). The highest BCUT2D eigenvalue weighted by molar-refractivity contribution is 5.97. The maximum Gasteiger partial charge on any atom is 0.229 e. The molecule has 1 saturated heterocycles. The van der Waals surface area contributed by atoms with Gasteiger partial charge < -0.3 is 10.2 Å². The minimum absolute atomic E-state index is 0.0151. The number of hydrogen-bond acceptors (Lipinski definition) is 4. The van der Waals surface area contributed by atoms with Crippen LogP contribution in [0.5, 0.6) is 0 Å². The summed E-state index contributed by atoms with van der Waals surface area (Å²) < 4.78 is 1.78. The highest BCUT2D eigenvalue weighted by Crippen LogP contribution is 2.21. The van der Waals surface area contributed by atoms with Crippen molar-refractivity contribution >= 4 is 17.5 Å². The van der Waals surface area contributed by atoms with Crippen LogP contribution in [0.4, 0.5) is 5.69 Å². The first-order valence-corrected chi connectivity index (χ1v) is 8.05. The Morgan fingerprint density at radius 3 is 2.92 bits per heavy atom. The van der Waals surface area contributed by atoms with Gasteiger partial charge in [-0.15, -0.1) is 0 Å². The van der Waals surface area contributed by atoms with Crippen molar-refractivity contribution in [2.75, 3.05) is 11.9 Å². The summed E-state index contributed by atoms with van der Waals surface area (Å²) >= 11 is 0. The summed E-state index contributed by atoms with van der Waals surface area (Å²) in [6.07, 6.45) is 5.36. The second-order valence-corrected chi connectivity index (χ2v) is 6.29. The second kappa shape index (κ2) is 6.82. The van der Waals surface area contributed by atoms with Gasteiger partial charge in [0.25, 0.3) is 0 Å². The number of carbonyl (C=O) groups excluding carboxylic acids is 2. The molecule has 3 heterocycles. The Hall–Kier alpha value is -2.70. The fourth-order valence-electron chi connectivity index (χ4n) is 2.72. The van der Waals surface area contributed by atoms with Crippen molar-refractivity contribution in [1.82, 2.24) is 19.7 Å². The van der Waals surface area contributed by atoms with Crippen LogP contribution >= 0.6 is 0 Å². The zero-order valence-electron chi connectivity index (χ0n) is 13.8. The van der Waals surface area contributed by atoms with Crippen molar-refractivity contribution in [1.29, 1.82) is 0 Å². The third-order valence-electron chi connectivity index (χ3n) is 4.06. The average molecular weight is 327 g/mol. The van der Waals surface area contributed by atoms with E-state index in [9.17, 15) is 9.59 Å². The zero-order valence-corrected chi connectivity index (χ0v) is 13.8. The van der Waals surface area contributed by atoms with E-state index in [0.29, 0.717) is 18.8 Å². The normalized spacial score (nSPS) is 17.5. The van der Waals surface area contributed by atoms with Crippen LogP contribution in [0, 0.1) is 5.92 Å². The molecule has 1 aliphatic heterocycles. The Bertz CT molecular complexity index is 726. The van der Waals surface area contributed by atoms with Gasteiger partial charge >= 0.3 is 0 Å². The molecule has 1 fully saturated rings. The van der Waals surface area contributed by atoms with Crippen LogP contribution in [0.1, 0.15) is 32.0 Å². The molecule has 1 atom stereocenters. The van der Waals surface area contributed by atoms with Gasteiger partial charge in [-0.1, -0.05) is 6.07 Å². The van der Waals surface area contributed by atoms with E-state index < -0.39 is 0 Å². The molecule has 2 aromatic heterocycles. The molecule has 7 nitrogen and oxygen atoms in total. The van der Waals surface area contributed by atoms with Gasteiger partial charge in [0.15, 0.2) is 0 Å². The van der Waals surface area contributed by atoms with E-state index in [2.05, 4.69) is 15.4 Å². The molecular weight excluding hydrogens is 306 g/mol. The highest BCUT2D eigenvalue weighted by Gasteiger charge is 2.34. The molecule has 7 heteroatoms. The largest absolute Gasteiger partial charge is 0.336 e. The van der Waals surface area contributed by atoms with Gasteiger partial charge in [-0.3, -0.25) is 19.3 Å². The maximum atomic E-state index is 12.4. The van der Waals surface area contributed by atoms with Crippen LogP contribution in [0.15, 0.2) is 36.8 Å². The molecule has 0 bridgehead atoms. The number of amides is 2. The van der Waals surface area contributed by atoms with Crippen LogP contribution in [-0.2, 0) is 16.1 Å². The maximum absolute atomic E-state index is 12.4. The van der Waals surface area contributed by atoms with Gasteiger partial charge in [0.05, 0.1) is 30.0 Å². The summed E-state index contributed by atoms with van der Waals surface area (Å²) in [6.45, 7) is 4.89. The van der Waals surface area contributed by atoms with E-state index in [1.54, 1.807) is 28.2 Å². The number of aromatic nitrogens is 3. The van der Waals surface area contributed by atoms with E-state index in [-0.39, 0.29) is 30.2 Å². The van der Waals surface area contributed by atoms with E-state index >= 15 is 0 Å². The number of anilines is 1. The summed E-state index contributed by atoms with van der Waals surface area (Å²) in [4.78, 5) is 30.4. The minimum atomic E-state index is -0.344. The Balaban J connectivity index is 1.59. The van der Waals surface area contributed by atoms with Crippen LogP contribution in [-0.4, -0.2) is 38.0 Å². The lowest BCUT2D eigenvalue weighted by Gasteiger charge is -2.15. The van der Waals surface area contributed by atoms with E-state index in [1.165, 1.54) is 0 Å². The summed E-state index contributed by atoms with van der Waals surface area (Å²) in [7, 11) is 0. The SMILES string of the molecule is CC(C)n1cc(NC(=O)C2CC(=O)N(Cc3ccccn3)C2)cn1. The molecule has 0 aromatic carbocycles. The van der Waals surface area contributed by atoms with Gasteiger partial charge in [-0.25, -0.2) is 0 Å². The van der Waals surface area contributed by atoms with Gasteiger partial charge in [0.2, 0.25) is 11.8 Å². The fraction of sp³-hybridized carbons (Fsp3) is 0.412. The Kier molecular flexibility index (Phi) is 4.59. The first-order chi connectivity index (χ1) is 11.5. The first-order valence-electron chi connectivity index (χ1n) is 8.05. The van der Waals surface area contributed by atoms with Crippen molar-refractivity contribution in [2.24, 2.45) is 5.92 Å². The Morgan fingerprint density at radius 1 is 1.42 bits per heavy atom. The molecule has 2 amide bonds. The second-order valence-electron chi connectivity index (χ2n) is 6.29. The zero-order chi connectivity index (χ0) is 17.1. The average Bonchev–Trinajstić information content (AvgIpc) is 3.16. The predicted octanol–water partition coefficient (Wildman–Crippen LogP) is 1.85. The molecule has 24 heavy (non-hydrogen) atoms. The van der Waals surface area contributed by atoms with Crippen molar-refractivity contribution < 1.29 is 9.59 Å². The number of nitrogens with zero attached hydrogens (tertiary/aromatic N) is 4. The lowest BCUT2D eigenvalue weighted by atomic mass is 10.1. The fourth-order valence-corrected chi connectivity index (χ4v) is 2.72. The van der Waals surface area contributed by atoms with Crippen LogP contribution < -0.4 is 5.32 Å². The summed E-state index contributed by atoms with van der Waals surface area (Å²) in [5, 5.41) is 7.04. The number of nitrogens with one attached hydrogen (secondary N) is 1. The minimum Gasteiger partial charge on any atom is -0.336 e. The molecule has 0 radical (unpaired) electrons. The van der Waals surface area contributed by atoms with Crippen LogP contribution in [0.3, 0.4) is 0 Å². The Labute approximate surface area is 140 Å². The monoisotopic (exact) mass is 327 g/mol. The molecular formula is C17H21N5O2. The van der Waals surface area contributed by atoms with E-state index in [4.69, 9.17) is 0 Å². The van der Waals surface area contributed by atoms with Crippen molar-refractivity contribution in [3.63, 3.8) is 0 Å². The number of carbonyl (C=O) groups is 2. The van der Waals surface area contributed by atoms with Crippen molar-refractivity contribution in [3.8, 4) is 0 Å². The van der Waals surface area contributed by atoms with Crippen molar-refractivity contribution in [3.05, 3.63) is 42.5 Å². The summed E-state index contributed by atoms with van der Waals surface area (Å²) in [6, 6.07) is 5.83. The highest BCUT2D eigenvalue weighted by atomic mass is 16.2. The van der Waals surface area contributed by atoms with Gasteiger partial charge in [0, 0.05) is 31.4 Å². The molecule has 1 N–H and O–H groups in total. The van der Waals surface area contributed by atoms with Gasteiger partial charge in [-0.2, -0.15) is 5.10 Å². The van der Waals surface area contributed by atoms with E-state index in [1.807, 2.05) is 32.0 Å². The van der Waals surface area contributed by atoms with Gasteiger partial charge in [0.1, 0.15) is 0 Å². The van der Waals surface area contributed by atoms with Gasteiger partial charge in [-0.05, 0) is 26.0 Å². The molecule has 1 unspecified atom stereocenters. The van der Waals surface area contributed by atoms with Crippen LogP contribution in [0.2, 0.25) is 0 Å². The molecule has 126 valence electrons. The summed E-state index contributed by atoms with van der Waals surface area (Å²) in [5.41, 5.74) is 1.48. The molecule has 0 spiro atoms. The van der Waals surface area contributed by atoms with Crippen molar-refractivity contribution in [2.45, 2.75) is 32.9 Å². The van der Waals surface area contributed by atoms with E-state index in [0.717, 1.165) is 5.69 Å². The molecule has 3 rings (SSSR count). The molecule has 0 saturated carbocycles. The third-order valence-corrected chi connectivity index (χ3v) is 4.06. The number of pyridine rings is 1. The number of rotatable bonds is 5. The molecule has 0 aliphatic carbocycles. The third kappa shape index (κ3) is 3.61. The molecule has 1 aliphatic rings. The number of likely N-dealkylation sites (tertiary alicyclic amines) is 1. The Morgan fingerprint density at radius 2 is 2.25 bits per heavy atom. The lowest BCUT2D eigenvalue weighted by Crippen LogP contribution is -2.28. The predicted molar refractivity (Wildman–Crippen MR) is 89.0 cm³/mol. The van der Waals surface area contributed by atoms with Crippen LogP contribution in [0.25, 0.3) is 0 Å².